The van der Waals surface area contributed by atoms with Gasteiger partial charge in [-0.15, -0.1) is 0 Å². The smallest absolute Gasteiger partial charge is 0.326 e. The van der Waals surface area contributed by atoms with E-state index in [0.717, 1.165) is 25.7 Å². The summed E-state index contributed by atoms with van der Waals surface area (Å²) in [7, 11) is 0. The minimum absolute atomic E-state index is 0.0999. The quantitative estimate of drug-likeness (QED) is 0.786. The maximum atomic E-state index is 12.4. The highest BCUT2D eigenvalue weighted by Gasteiger charge is 2.32. The number of carbonyl (C=O) groups is 2. The number of aliphatic hydroxyl groups is 1. The summed E-state index contributed by atoms with van der Waals surface area (Å²) in [6, 6.07) is -0.988. The Labute approximate surface area is 114 Å². The Bertz CT molecular complexity index is 303. The minimum Gasteiger partial charge on any atom is -0.480 e. The number of carbonyl (C=O) groups excluding carboxylic acids is 1. The van der Waals surface area contributed by atoms with Gasteiger partial charge in [0.2, 0.25) is 0 Å². The third kappa shape index (κ3) is 4.38. The number of aliphatic carboxylic acids is 1. The van der Waals surface area contributed by atoms with Gasteiger partial charge in [0, 0.05) is 19.6 Å². The molecule has 1 aliphatic heterocycles. The lowest BCUT2D eigenvalue weighted by molar-refractivity contribution is -0.142. The van der Waals surface area contributed by atoms with Gasteiger partial charge in [0.25, 0.3) is 0 Å². The zero-order valence-corrected chi connectivity index (χ0v) is 11.5. The van der Waals surface area contributed by atoms with Gasteiger partial charge in [0.1, 0.15) is 6.04 Å². The van der Waals surface area contributed by atoms with Crippen LogP contribution < -0.4 is 0 Å². The van der Waals surface area contributed by atoms with Gasteiger partial charge >= 0.3 is 12.0 Å². The Morgan fingerprint density at radius 2 is 2.00 bits per heavy atom. The van der Waals surface area contributed by atoms with Crippen molar-refractivity contribution in [3.8, 4) is 0 Å². The third-order valence-electron chi connectivity index (χ3n) is 3.42. The molecule has 1 unspecified atom stereocenters. The van der Waals surface area contributed by atoms with Crippen LogP contribution in [-0.2, 0) is 4.79 Å². The summed E-state index contributed by atoms with van der Waals surface area (Å²) in [4.78, 5) is 26.7. The molecule has 6 nitrogen and oxygen atoms in total. The van der Waals surface area contributed by atoms with E-state index < -0.39 is 12.0 Å². The van der Waals surface area contributed by atoms with E-state index in [4.69, 9.17) is 5.11 Å². The van der Waals surface area contributed by atoms with E-state index >= 15 is 0 Å². The second kappa shape index (κ2) is 7.99. The van der Waals surface area contributed by atoms with Crippen LogP contribution in [0.4, 0.5) is 4.79 Å². The summed E-state index contributed by atoms with van der Waals surface area (Å²) in [5.41, 5.74) is 0. The highest BCUT2D eigenvalue weighted by Crippen LogP contribution is 2.18. The molecule has 1 atom stereocenters. The summed E-state index contributed by atoms with van der Waals surface area (Å²) >= 11 is 0. The fourth-order valence-electron chi connectivity index (χ4n) is 2.47. The number of carboxylic acid groups (broad SMARTS) is 1. The Morgan fingerprint density at radius 3 is 2.58 bits per heavy atom. The molecule has 0 radical (unpaired) electrons. The molecule has 1 heterocycles. The van der Waals surface area contributed by atoms with Gasteiger partial charge in [-0.05, 0) is 19.3 Å². The first-order valence-electron chi connectivity index (χ1n) is 7.01. The van der Waals surface area contributed by atoms with E-state index in [2.05, 4.69) is 0 Å². The number of hydrogen-bond donors (Lipinski definition) is 2. The van der Waals surface area contributed by atoms with Crippen LogP contribution >= 0.6 is 0 Å². The fraction of sp³-hybridized carbons (Fsp3) is 0.846. The number of amides is 2. The standard InChI is InChI=1S/C13H24N2O4/c1-2-7-14(9-10-16)13(19)15-8-5-3-4-6-11(15)12(17)18/h11,16H,2-10H2,1H3,(H,17,18). The Balaban J connectivity index is 2.80. The van der Waals surface area contributed by atoms with Crippen LogP contribution in [0.25, 0.3) is 0 Å². The average Bonchev–Trinajstić information content (AvgIpc) is 2.63. The van der Waals surface area contributed by atoms with E-state index in [0.29, 0.717) is 19.5 Å². The molecule has 0 aromatic rings. The summed E-state index contributed by atoms with van der Waals surface area (Å²) < 4.78 is 0. The molecule has 0 aromatic heterocycles. The predicted octanol–water partition coefficient (Wildman–Crippen LogP) is 1.14. The van der Waals surface area contributed by atoms with Crippen LogP contribution in [0.15, 0.2) is 0 Å². The van der Waals surface area contributed by atoms with Crippen LogP contribution in [0.5, 0.6) is 0 Å². The van der Waals surface area contributed by atoms with Crippen molar-refractivity contribution in [1.29, 1.82) is 0 Å². The highest BCUT2D eigenvalue weighted by atomic mass is 16.4. The lowest BCUT2D eigenvalue weighted by atomic mass is 10.1. The number of hydrogen-bond acceptors (Lipinski definition) is 3. The lowest BCUT2D eigenvalue weighted by Gasteiger charge is -2.32. The van der Waals surface area contributed by atoms with Crippen LogP contribution in [0.2, 0.25) is 0 Å². The van der Waals surface area contributed by atoms with Gasteiger partial charge in [-0.1, -0.05) is 19.8 Å². The van der Waals surface area contributed by atoms with Crippen molar-refractivity contribution in [2.24, 2.45) is 0 Å². The van der Waals surface area contributed by atoms with Crippen molar-refractivity contribution in [3.05, 3.63) is 0 Å². The summed E-state index contributed by atoms with van der Waals surface area (Å²) in [5.74, 6) is -0.935. The third-order valence-corrected chi connectivity index (χ3v) is 3.42. The molecule has 19 heavy (non-hydrogen) atoms. The Kier molecular flexibility index (Phi) is 6.62. The van der Waals surface area contributed by atoms with E-state index in [1.807, 2.05) is 6.92 Å². The van der Waals surface area contributed by atoms with Gasteiger partial charge in [-0.3, -0.25) is 0 Å². The van der Waals surface area contributed by atoms with Gasteiger partial charge in [-0.2, -0.15) is 0 Å². The number of likely N-dealkylation sites (tertiary alicyclic amines) is 1. The van der Waals surface area contributed by atoms with E-state index in [1.54, 1.807) is 4.90 Å². The zero-order chi connectivity index (χ0) is 14.3. The number of urea groups is 1. The molecule has 1 fully saturated rings. The molecule has 6 heteroatoms. The SMILES string of the molecule is CCCN(CCO)C(=O)N1CCCCCC1C(=O)O. The molecular weight excluding hydrogens is 248 g/mol. The van der Waals surface area contributed by atoms with Gasteiger partial charge in [0.15, 0.2) is 0 Å². The maximum absolute atomic E-state index is 12.4. The minimum atomic E-state index is -0.935. The molecule has 2 N–H and O–H groups in total. The molecule has 0 saturated carbocycles. The largest absolute Gasteiger partial charge is 0.480 e. The summed E-state index contributed by atoms with van der Waals surface area (Å²) in [6.45, 7) is 3.14. The van der Waals surface area contributed by atoms with Crippen LogP contribution in [0.3, 0.4) is 0 Å². The van der Waals surface area contributed by atoms with Crippen LogP contribution in [0, 0.1) is 0 Å². The molecular formula is C13H24N2O4. The van der Waals surface area contributed by atoms with Crippen LogP contribution in [-0.4, -0.2) is 64.3 Å². The first-order chi connectivity index (χ1) is 9.11. The van der Waals surface area contributed by atoms with Crippen molar-refractivity contribution in [1.82, 2.24) is 9.80 Å². The fourth-order valence-corrected chi connectivity index (χ4v) is 2.47. The number of carboxylic acids is 1. The molecule has 0 aliphatic carbocycles. The first-order valence-corrected chi connectivity index (χ1v) is 7.01. The van der Waals surface area contributed by atoms with Crippen molar-refractivity contribution in [3.63, 3.8) is 0 Å². The van der Waals surface area contributed by atoms with E-state index in [-0.39, 0.29) is 19.2 Å². The number of rotatable bonds is 5. The molecule has 1 saturated heterocycles. The van der Waals surface area contributed by atoms with Crippen molar-refractivity contribution in [2.75, 3.05) is 26.2 Å². The average molecular weight is 272 g/mol. The molecule has 2 amide bonds. The van der Waals surface area contributed by atoms with Gasteiger partial charge < -0.3 is 20.0 Å². The van der Waals surface area contributed by atoms with Gasteiger partial charge in [-0.25, -0.2) is 9.59 Å². The predicted molar refractivity (Wildman–Crippen MR) is 70.9 cm³/mol. The second-order valence-electron chi connectivity index (χ2n) is 4.89. The highest BCUT2D eigenvalue weighted by molar-refractivity contribution is 5.82. The Hall–Kier alpha value is -1.30. The molecule has 0 bridgehead atoms. The Morgan fingerprint density at radius 1 is 1.26 bits per heavy atom. The molecule has 0 aromatic carbocycles. The lowest BCUT2D eigenvalue weighted by Crippen LogP contribution is -2.51. The number of aliphatic hydroxyl groups excluding tert-OH is 1. The monoisotopic (exact) mass is 272 g/mol. The summed E-state index contributed by atoms with van der Waals surface area (Å²) in [6.07, 6.45) is 3.95. The van der Waals surface area contributed by atoms with E-state index in [9.17, 15) is 14.7 Å². The zero-order valence-electron chi connectivity index (χ0n) is 11.5. The molecule has 110 valence electrons. The number of nitrogens with zero attached hydrogens (tertiary/aromatic N) is 2. The molecule has 1 aliphatic rings. The summed E-state index contributed by atoms with van der Waals surface area (Å²) in [5, 5.41) is 18.3. The van der Waals surface area contributed by atoms with E-state index in [1.165, 1.54) is 4.90 Å². The second-order valence-corrected chi connectivity index (χ2v) is 4.89. The molecule has 0 spiro atoms. The van der Waals surface area contributed by atoms with Crippen molar-refractivity contribution in [2.45, 2.75) is 45.1 Å². The van der Waals surface area contributed by atoms with Crippen molar-refractivity contribution < 1.29 is 19.8 Å². The first kappa shape index (κ1) is 15.8. The van der Waals surface area contributed by atoms with Crippen molar-refractivity contribution >= 4 is 12.0 Å². The van der Waals surface area contributed by atoms with Gasteiger partial charge in [0.05, 0.1) is 6.61 Å². The maximum Gasteiger partial charge on any atom is 0.326 e. The van der Waals surface area contributed by atoms with Crippen LogP contribution in [0.1, 0.15) is 39.0 Å². The normalized spacial score (nSPS) is 19.9. The molecule has 1 rings (SSSR count). The topological polar surface area (TPSA) is 81.1 Å².